The lowest BCUT2D eigenvalue weighted by atomic mass is 10.0. The number of aliphatic hydroxyl groups is 1. The highest BCUT2D eigenvalue weighted by Gasteiger charge is 2.12. The molecule has 2 heterocycles. The highest BCUT2D eigenvalue weighted by atomic mass is 16.3. The molecule has 0 aliphatic rings. The van der Waals surface area contributed by atoms with Gasteiger partial charge in [-0.3, -0.25) is 9.78 Å². The Morgan fingerprint density at radius 1 is 1.12 bits per heavy atom. The Bertz CT molecular complexity index is 1140. The SMILES string of the molecule is CC(C)(O)C#Cc1ccc(-c2cccc3c(=O)[nH]c(=O)[nH]c23)c(N)n1. The van der Waals surface area contributed by atoms with Crippen LogP contribution in [-0.4, -0.2) is 25.7 Å². The van der Waals surface area contributed by atoms with E-state index in [4.69, 9.17) is 5.73 Å². The minimum Gasteiger partial charge on any atom is -0.383 e. The summed E-state index contributed by atoms with van der Waals surface area (Å²) in [5.74, 6) is 5.62. The van der Waals surface area contributed by atoms with Crippen LogP contribution in [0.4, 0.5) is 5.82 Å². The molecule has 1 aromatic carbocycles. The minimum atomic E-state index is -1.13. The van der Waals surface area contributed by atoms with E-state index in [9.17, 15) is 14.7 Å². The Morgan fingerprint density at radius 3 is 2.56 bits per heavy atom. The molecule has 0 amide bonds. The Labute approximate surface area is 142 Å². The number of nitrogen functional groups attached to an aromatic ring is 1. The smallest absolute Gasteiger partial charge is 0.326 e. The first-order valence-corrected chi connectivity index (χ1v) is 7.52. The van der Waals surface area contributed by atoms with E-state index in [-0.39, 0.29) is 5.82 Å². The van der Waals surface area contributed by atoms with E-state index in [1.54, 1.807) is 44.2 Å². The van der Waals surface area contributed by atoms with Crippen LogP contribution in [0.15, 0.2) is 39.9 Å². The minimum absolute atomic E-state index is 0.205. The summed E-state index contributed by atoms with van der Waals surface area (Å²) in [5.41, 5.74) is 5.80. The quantitative estimate of drug-likeness (QED) is 0.493. The predicted octanol–water partition coefficient (Wildman–Crippen LogP) is 0.983. The van der Waals surface area contributed by atoms with Crippen LogP contribution < -0.4 is 17.0 Å². The summed E-state index contributed by atoms with van der Waals surface area (Å²) in [6.07, 6.45) is 0. The molecule has 0 fully saturated rings. The summed E-state index contributed by atoms with van der Waals surface area (Å²) in [6.45, 7) is 3.14. The number of para-hydroxylation sites is 1. The number of benzene rings is 1. The maximum atomic E-state index is 11.9. The zero-order valence-electron chi connectivity index (χ0n) is 13.7. The van der Waals surface area contributed by atoms with Crippen molar-refractivity contribution >= 4 is 16.7 Å². The number of hydrogen-bond donors (Lipinski definition) is 4. The second-order valence-corrected chi connectivity index (χ2v) is 6.07. The largest absolute Gasteiger partial charge is 0.383 e. The highest BCUT2D eigenvalue weighted by Crippen LogP contribution is 2.29. The molecule has 0 saturated carbocycles. The van der Waals surface area contributed by atoms with Gasteiger partial charge in [-0.15, -0.1) is 0 Å². The van der Waals surface area contributed by atoms with Gasteiger partial charge in [0.2, 0.25) is 0 Å². The topological polar surface area (TPSA) is 125 Å². The number of pyridine rings is 1. The van der Waals surface area contributed by atoms with E-state index in [2.05, 4.69) is 26.8 Å². The van der Waals surface area contributed by atoms with Gasteiger partial charge in [-0.1, -0.05) is 18.1 Å². The average Bonchev–Trinajstić information content (AvgIpc) is 2.52. The number of nitrogens with two attached hydrogens (primary N) is 1. The summed E-state index contributed by atoms with van der Waals surface area (Å²) in [4.78, 5) is 32.6. The van der Waals surface area contributed by atoms with Crippen molar-refractivity contribution < 1.29 is 5.11 Å². The maximum Gasteiger partial charge on any atom is 0.326 e. The second kappa shape index (κ2) is 5.92. The van der Waals surface area contributed by atoms with Crippen LogP contribution in [-0.2, 0) is 0 Å². The summed E-state index contributed by atoms with van der Waals surface area (Å²) >= 11 is 0. The van der Waals surface area contributed by atoms with E-state index >= 15 is 0 Å². The first-order chi connectivity index (χ1) is 11.7. The average molecular weight is 336 g/mol. The van der Waals surface area contributed by atoms with Gasteiger partial charge in [0, 0.05) is 11.1 Å². The number of hydrogen-bond acceptors (Lipinski definition) is 5. The molecule has 7 nitrogen and oxygen atoms in total. The zero-order chi connectivity index (χ0) is 18.2. The Balaban J connectivity index is 2.18. The van der Waals surface area contributed by atoms with E-state index in [0.29, 0.717) is 27.7 Å². The molecule has 3 aromatic rings. The van der Waals surface area contributed by atoms with Gasteiger partial charge >= 0.3 is 5.69 Å². The number of nitrogens with one attached hydrogen (secondary N) is 2. The molecule has 0 aliphatic heterocycles. The van der Waals surface area contributed by atoms with Crippen LogP contribution in [0.25, 0.3) is 22.0 Å². The molecule has 0 unspecified atom stereocenters. The lowest BCUT2D eigenvalue weighted by molar-refractivity contribution is 0.143. The summed E-state index contributed by atoms with van der Waals surface area (Å²) in [7, 11) is 0. The van der Waals surface area contributed by atoms with Crippen molar-refractivity contribution in [3.63, 3.8) is 0 Å². The molecule has 2 aromatic heterocycles. The third kappa shape index (κ3) is 3.44. The molecule has 0 spiro atoms. The lowest BCUT2D eigenvalue weighted by Gasteiger charge is -2.09. The Hall–Kier alpha value is -3.37. The molecule has 126 valence electrons. The number of fused-ring (bicyclic) bond motifs is 1. The van der Waals surface area contributed by atoms with Crippen molar-refractivity contribution in [2.75, 3.05) is 5.73 Å². The van der Waals surface area contributed by atoms with E-state index < -0.39 is 16.9 Å². The number of aromatic amines is 2. The first-order valence-electron chi connectivity index (χ1n) is 7.52. The molecule has 0 aliphatic carbocycles. The second-order valence-electron chi connectivity index (χ2n) is 6.07. The van der Waals surface area contributed by atoms with Gasteiger partial charge in [-0.25, -0.2) is 9.78 Å². The van der Waals surface area contributed by atoms with Gasteiger partial charge < -0.3 is 15.8 Å². The van der Waals surface area contributed by atoms with Gasteiger partial charge in [-0.05, 0) is 38.0 Å². The van der Waals surface area contributed by atoms with Gasteiger partial charge in [-0.2, -0.15) is 0 Å². The van der Waals surface area contributed by atoms with Crippen LogP contribution in [0, 0.1) is 11.8 Å². The molecule has 25 heavy (non-hydrogen) atoms. The van der Waals surface area contributed by atoms with Crippen molar-refractivity contribution in [2.24, 2.45) is 0 Å². The van der Waals surface area contributed by atoms with Crippen molar-refractivity contribution in [1.29, 1.82) is 0 Å². The van der Waals surface area contributed by atoms with Crippen molar-refractivity contribution in [3.05, 3.63) is 56.9 Å². The van der Waals surface area contributed by atoms with Crippen molar-refractivity contribution in [3.8, 4) is 23.0 Å². The fourth-order valence-corrected chi connectivity index (χ4v) is 2.41. The number of anilines is 1. The molecular weight excluding hydrogens is 320 g/mol. The van der Waals surface area contributed by atoms with Crippen LogP contribution in [0.3, 0.4) is 0 Å². The number of aromatic nitrogens is 3. The van der Waals surface area contributed by atoms with Gasteiger partial charge in [0.1, 0.15) is 17.1 Å². The third-order valence-electron chi connectivity index (χ3n) is 3.49. The summed E-state index contributed by atoms with van der Waals surface area (Å²) in [6, 6.07) is 8.43. The predicted molar refractivity (Wildman–Crippen MR) is 96.0 cm³/mol. The lowest BCUT2D eigenvalue weighted by Crippen LogP contribution is -2.22. The standard InChI is InChI=1S/C18H16N4O3/c1-18(2,25)9-8-10-6-7-12(15(19)20-10)11-4-3-5-13-14(11)21-17(24)22-16(13)23/h3-7,25H,1-2H3,(H2,19,20)(H2,21,22,23,24). The molecule has 5 N–H and O–H groups in total. The third-order valence-corrected chi connectivity index (χ3v) is 3.49. The normalized spacial score (nSPS) is 11.2. The monoisotopic (exact) mass is 336 g/mol. The fraction of sp³-hybridized carbons (Fsp3) is 0.167. The molecule has 0 radical (unpaired) electrons. The number of nitrogens with zero attached hydrogens (tertiary/aromatic N) is 1. The van der Waals surface area contributed by atoms with Gasteiger partial charge in [0.25, 0.3) is 5.56 Å². The van der Waals surface area contributed by atoms with Gasteiger partial charge in [0.15, 0.2) is 0 Å². The zero-order valence-corrected chi connectivity index (χ0v) is 13.7. The van der Waals surface area contributed by atoms with Crippen molar-refractivity contribution in [2.45, 2.75) is 19.4 Å². The van der Waals surface area contributed by atoms with E-state index in [1.165, 1.54) is 0 Å². The molecule has 3 rings (SSSR count). The van der Waals surface area contributed by atoms with Crippen LogP contribution >= 0.6 is 0 Å². The number of H-pyrrole nitrogens is 2. The van der Waals surface area contributed by atoms with Crippen LogP contribution in [0.5, 0.6) is 0 Å². The molecule has 0 bridgehead atoms. The van der Waals surface area contributed by atoms with Gasteiger partial charge in [0.05, 0.1) is 10.9 Å². The van der Waals surface area contributed by atoms with Crippen molar-refractivity contribution in [1.82, 2.24) is 15.0 Å². The summed E-state index contributed by atoms with van der Waals surface area (Å²) in [5, 5.41) is 10.0. The number of rotatable bonds is 1. The maximum absolute atomic E-state index is 11.9. The van der Waals surface area contributed by atoms with E-state index in [0.717, 1.165) is 0 Å². The Morgan fingerprint density at radius 2 is 1.88 bits per heavy atom. The highest BCUT2D eigenvalue weighted by molar-refractivity contribution is 5.95. The first kappa shape index (κ1) is 16.5. The molecular formula is C18H16N4O3. The molecule has 0 saturated heterocycles. The van der Waals surface area contributed by atoms with Crippen LogP contribution in [0.1, 0.15) is 19.5 Å². The van der Waals surface area contributed by atoms with E-state index in [1.807, 2.05) is 0 Å². The van der Waals surface area contributed by atoms with Crippen LogP contribution in [0.2, 0.25) is 0 Å². The molecule has 0 atom stereocenters. The molecule has 7 heteroatoms. The fourth-order valence-electron chi connectivity index (χ4n) is 2.41. The summed E-state index contributed by atoms with van der Waals surface area (Å²) < 4.78 is 0. The Kier molecular flexibility index (Phi) is 3.91.